The van der Waals surface area contributed by atoms with Gasteiger partial charge in [0.15, 0.2) is 0 Å². The summed E-state index contributed by atoms with van der Waals surface area (Å²) >= 11 is 0. The number of aliphatic hydroxyl groups is 1. The zero-order valence-corrected chi connectivity index (χ0v) is 12.6. The number of rotatable bonds is 7. The third-order valence-electron chi connectivity index (χ3n) is 4.13. The molecule has 20 heavy (non-hydrogen) atoms. The fourth-order valence-electron chi connectivity index (χ4n) is 3.02. The monoisotopic (exact) mass is 277 g/mol. The van der Waals surface area contributed by atoms with Crippen LogP contribution in [0.25, 0.3) is 0 Å². The summed E-state index contributed by atoms with van der Waals surface area (Å²) in [5.74, 6) is 1.69. The second-order valence-electron chi connectivity index (χ2n) is 5.52. The lowest BCUT2D eigenvalue weighted by molar-refractivity contribution is 0.198. The van der Waals surface area contributed by atoms with Crippen molar-refractivity contribution in [3.05, 3.63) is 29.8 Å². The van der Waals surface area contributed by atoms with Crippen molar-refractivity contribution in [2.75, 3.05) is 32.8 Å². The molecule has 0 amide bonds. The van der Waals surface area contributed by atoms with Crippen molar-refractivity contribution in [1.29, 1.82) is 0 Å². The number of nitrogens with zero attached hydrogens (tertiary/aromatic N) is 1. The van der Waals surface area contributed by atoms with Gasteiger partial charge < -0.3 is 14.7 Å². The molecule has 1 aliphatic heterocycles. The van der Waals surface area contributed by atoms with E-state index in [1.165, 1.54) is 18.4 Å². The van der Waals surface area contributed by atoms with Crippen LogP contribution in [0.1, 0.15) is 44.1 Å². The van der Waals surface area contributed by atoms with Gasteiger partial charge in [-0.25, -0.2) is 0 Å². The van der Waals surface area contributed by atoms with E-state index in [0.717, 1.165) is 44.8 Å². The second kappa shape index (κ2) is 8.28. The van der Waals surface area contributed by atoms with Gasteiger partial charge in [-0.3, -0.25) is 0 Å². The second-order valence-corrected chi connectivity index (χ2v) is 5.52. The summed E-state index contributed by atoms with van der Waals surface area (Å²) in [6, 6.07) is 8.48. The summed E-state index contributed by atoms with van der Waals surface area (Å²) in [5.41, 5.74) is 1.38. The molecule has 3 nitrogen and oxygen atoms in total. The van der Waals surface area contributed by atoms with Crippen molar-refractivity contribution in [2.45, 2.75) is 38.5 Å². The number of hydrogen-bond donors (Lipinski definition) is 1. The molecule has 0 bridgehead atoms. The molecule has 1 aromatic rings. The molecule has 0 atom stereocenters. The van der Waals surface area contributed by atoms with Gasteiger partial charge in [0.05, 0.1) is 6.61 Å². The first-order valence-electron chi connectivity index (χ1n) is 7.90. The molecule has 1 heterocycles. The van der Waals surface area contributed by atoms with Gasteiger partial charge in [-0.05, 0) is 69.8 Å². The number of para-hydroxylation sites is 1. The molecule has 0 aromatic heterocycles. The van der Waals surface area contributed by atoms with Gasteiger partial charge in [0.2, 0.25) is 0 Å². The van der Waals surface area contributed by atoms with E-state index in [0.29, 0.717) is 12.5 Å². The largest absolute Gasteiger partial charge is 0.494 e. The fraction of sp³-hybridized carbons (Fsp3) is 0.647. The lowest BCUT2D eigenvalue weighted by Gasteiger charge is -2.32. The quantitative estimate of drug-likeness (QED) is 0.778. The molecular formula is C17H27NO2. The Morgan fingerprint density at radius 1 is 1.20 bits per heavy atom. The van der Waals surface area contributed by atoms with Crippen molar-refractivity contribution in [3.63, 3.8) is 0 Å². The molecule has 0 saturated carbocycles. The van der Waals surface area contributed by atoms with Crippen LogP contribution in [0.4, 0.5) is 0 Å². The van der Waals surface area contributed by atoms with Crippen LogP contribution >= 0.6 is 0 Å². The molecule has 112 valence electrons. The lowest BCUT2D eigenvalue weighted by Crippen LogP contribution is -2.33. The first-order chi connectivity index (χ1) is 9.85. The predicted octanol–water partition coefficient (Wildman–Crippen LogP) is 3.04. The Kier molecular flexibility index (Phi) is 6.34. The molecule has 0 unspecified atom stereocenters. The number of piperidine rings is 1. The molecule has 1 fully saturated rings. The summed E-state index contributed by atoms with van der Waals surface area (Å²) in [4.78, 5) is 2.52. The Hall–Kier alpha value is -1.06. The minimum absolute atomic E-state index is 0.318. The van der Waals surface area contributed by atoms with E-state index in [-0.39, 0.29) is 0 Å². The maximum atomic E-state index is 8.84. The molecule has 1 aliphatic rings. The van der Waals surface area contributed by atoms with Crippen LogP contribution in [0.15, 0.2) is 24.3 Å². The van der Waals surface area contributed by atoms with Crippen LogP contribution in [-0.4, -0.2) is 42.9 Å². The van der Waals surface area contributed by atoms with E-state index in [9.17, 15) is 0 Å². The van der Waals surface area contributed by atoms with Crippen molar-refractivity contribution in [3.8, 4) is 5.75 Å². The highest BCUT2D eigenvalue weighted by Gasteiger charge is 2.22. The highest BCUT2D eigenvalue weighted by atomic mass is 16.5. The maximum Gasteiger partial charge on any atom is 0.122 e. The maximum absolute atomic E-state index is 8.84. The Labute approximate surface area is 122 Å². The third kappa shape index (κ3) is 4.22. The van der Waals surface area contributed by atoms with Crippen LogP contribution < -0.4 is 4.74 Å². The van der Waals surface area contributed by atoms with E-state index >= 15 is 0 Å². The Morgan fingerprint density at radius 3 is 2.65 bits per heavy atom. The number of ether oxygens (including phenoxy) is 1. The molecule has 3 heteroatoms. The number of unbranched alkanes of at least 4 members (excludes halogenated alkanes) is 1. The minimum atomic E-state index is 0.318. The molecule has 1 aromatic carbocycles. The average molecular weight is 277 g/mol. The van der Waals surface area contributed by atoms with Gasteiger partial charge in [0.25, 0.3) is 0 Å². The van der Waals surface area contributed by atoms with Gasteiger partial charge in [-0.15, -0.1) is 0 Å². The van der Waals surface area contributed by atoms with Gasteiger partial charge >= 0.3 is 0 Å². The van der Waals surface area contributed by atoms with Crippen LogP contribution in [0.3, 0.4) is 0 Å². The first-order valence-corrected chi connectivity index (χ1v) is 7.90. The Morgan fingerprint density at radius 2 is 1.95 bits per heavy atom. The summed E-state index contributed by atoms with van der Waals surface area (Å²) in [6.07, 6.45) is 4.45. The van der Waals surface area contributed by atoms with E-state index in [2.05, 4.69) is 29.2 Å². The smallest absolute Gasteiger partial charge is 0.122 e. The molecule has 0 aliphatic carbocycles. The van der Waals surface area contributed by atoms with E-state index in [1.54, 1.807) is 0 Å². The van der Waals surface area contributed by atoms with E-state index in [4.69, 9.17) is 9.84 Å². The summed E-state index contributed by atoms with van der Waals surface area (Å²) in [5, 5.41) is 8.84. The minimum Gasteiger partial charge on any atom is -0.494 e. The molecule has 1 saturated heterocycles. The molecule has 2 rings (SSSR count). The number of hydrogen-bond acceptors (Lipinski definition) is 3. The van der Waals surface area contributed by atoms with E-state index in [1.807, 2.05) is 6.92 Å². The summed E-state index contributed by atoms with van der Waals surface area (Å²) in [7, 11) is 0. The van der Waals surface area contributed by atoms with Crippen molar-refractivity contribution in [2.24, 2.45) is 0 Å². The molecule has 0 radical (unpaired) electrons. The van der Waals surface area contributed by atoms with Gasteiger partial charge in [-0.2, -0.15) is 0 Å². The van der Waals surface area contributed by atoms with Gasteiger partial charge in [-0.1, -0.05) is 18.2 Å². The Bertz CT molecular complexity index is 386. The van der Waals surface area contributed by atoms with Crippen LogP contribution in [-0.2, 0) is 0 Å². The van der Waals surface area contributed by atoms with Crippen molar-refractivity contribution in [1.82, 2.24) is 4.90 Å². The summed E-state index contributed by atoms with van der Waals surface area (Å²) in [6.45, 7) is 6.54. The third-order valence-corrected chi connectivity index (χ3v) is 4.13. The zero-order chi connectivity index (χ0) is 14.2. The number of likely N-dealkylation sites (tertiary alicyclic amines) is 1. The SMILES string of the molecule is CCOc1ccccc1C1CCN(CCCCO)CC1. The van der Waals surface area contributed by atoms with Crippen LogP contribution in [0.2, 0.25) is 0 Å². The molecule has 1 N–H and O–H groups in total. The van der Waals surface area contributed by atoms with Crippen molar-refractivity contribution >= 4 is 0 Å². The standard InChI is InChI=1S/C17H27NO2/c1-2-20-17-8-4-3-7-16(17)15-9-12-18(13-10-15)11-5-6-14-19/h3-4,7-8,15,19H,2,5-6,9-14H2,1H3. The highest BCUT2D eigenvalue weighted by molar-refractivity contribution is 5.36. The number of aliphatic hydroxyl groups excluding tert-OH is 1. The molecule has 0 spiro atoms. The average Bonchev–Trinajstić information content (AvgIpc) is 2.49. The van der Waals surface area contributed by atoms with Crippen LogP contribution in [0.5, 0.6) is 5.75 Å². The first kappa shape index (κ1) is 15.3. The Balaban J connectivity index is 1.87. The highest BCUT2D eigenvalue weighted by Crippen LogP contribution is 2.34. The summed E-state index contributed by atoms with van der Waals surface area (Å²) < 4.78 is 5.76. The van der Waals surface area contributed by atoms with Crippen molar-refractivity contribution < 1.29 is 9.84 Å². The zero-order valence-electron chi connectivity index (χ0n) is 12.6. The topological polar surface area (TPSA) is 32.7 Å². The van der Waals surface area contributed by atoms with Gasteiger partial charge in [0.1, 0.15) is 5.75 Å². The van der Waals surface area contributed by atoms with Gasteiger partial charge in [0, 0.05) is 6.61 Å². The van der Waals surface area contributed by atoms with E-state index < -0.39 is 0 Å². The fourth-order valence-corrected chi connectivity index (χ4v) is 3.02. The molecular weight excluding hydrogens is 250 g/mol. The number of benzene rings is 1. The normalized spacial score (nSPS) is 17.3. The lowest BCUT2D eigenvalue weighted by atomic mass is 9.88. The van der Waals surface area contributed by atoms with Crippen LogP contribution in [0, 0.1) is 0 Å². The predicted molar refractivity (Wildman–Crippen MR) is 82.3 cm³/mol.